The number of aliphatic carboxylic acids is 1. The van der Waals surface area contributed by atoms with E-state index in [-0.39, 0.29) is 62.1 Å². The standard InChI is InChI=1S/C59H84N2O18/c1-35-18-15-13-11-9-7-5-6-8-10-12-14-16-21-46(77-58-55(72)53(61)54(71)38(4)76-58)31-50-52(57(73)74)49(69)34-59(75,79-50)33-45(66)29-44(65)28-43(64)27-41(62)19-17-20-42(63)30-51(70)78-56(35)37(3)26-36(2)47(67)32-48(68)39-22-24-40(60)25-23-39/h5-16,18,21-25,35-38,43-47,49-50,52-56,58,64-67,69,71-72,75H,17,19-20,26-34,60-61H2,1-4H3,(H,73,74). The lowest BCUT2D eigenvalue weighted by atomic mass is 9.82. The summed E-state index contributed by atoms with van der Waals surface area (Å²) >= 11 is 0. The number of Topliss-reactive ketones (excluding diaryl/α,β-unsaturated/α-hetero) is 3. The van der Waals surface area contributed by atoms with Gasteiger partial charge in [-0.1, -0.05) is 106 Å². The van der Waals surface area contributed by atoms with Crippen LogP contribution in [0.3, 0.4) is 0 Å². The van der Waals surface area contributed by atoms with Gasteiger partial charge in [-0.2, -0.15) is 0 Å². The minimum absolute atomic E-state index is 0.0673. The van der Waals surface area contributed by atoms with Crippen LogP contribution in [0.4, 0.5) is 5.69 Å². The minimum atomic E-state index is -2.32. The fourth-order valence-electron chi connectivity index (χ4n) is 10.0. The minimum Gasteiger partial charge on any atom is -0.481 e. The van der Waals surface area contributed by atoms with E-state index in [1.54, 1.807) is 97.2 Å². The normalized spacial score (nSPS) is 34.1. The summed E-state index contributed by atoms with van der Waals surface area (Å²) in [6.45, 7) is 7.07. The number of hydrogen-bond donors (Lipinski definition) is 11. The Morgan fingerprint density at radius 3 is 1.94 bits per heavy atom. The zero-order valence-electron chi connectivity index (χ0n) is 45.5. The second-order valence-corrected chi connectivity index (χ2v) is 21.4. The number of fused-ring (bicyclic) bond motifs is 2. The van der Waals surface area contributed by atoms with Crippen molar-refractivity contribution in [2.45, 2.75) is 190 Å². The number of aliphatic hydroxyl groups excluding tert-OH is 7. The molecule has 0 spiro atoms. The first-order valence-corrected chi connectivity index (χ1v) is 27.1. The lowest BCUT2D eigenvalue weighted by Gasteiger charge is -2.45. The molecule has 438 valence electrons. The van der Waals surface area contributed by atoms with Gasteiger partial charge in [0, 0.05) is 62.1 Å². The molecule has 20 heteroatoms. The molecule has 1 aromatic rings. The van der Waals surface area contributed by atoms with Crippen molar-refractivity contribution in [1.29, 1.82) is 0 Å². The second-order valence-electron chi connectivity index (χ2n) is 21.4. The third-order valence-corrected chi connectivity index (χ3v) is 14.4. The van der Waals surface area contributed by atoms with E-state index in [1.807, 2.05) is 26.8 Å². The molecule has 2 bridgehead atoms. The number of benzene rings is 1. The number of ether oxygens (including phenoxy) is 4. The maximum atomic E-state index is 13.3. The largest absolute Gasteiger partial charge is 0.481 e. The molecule has 18 unspecified atom stereocenters. The maximum absolute atomic E-state index is 13.3. The SMILES string of the molecule is CC1C=CC=CC=CC=CC=CC=CC=CC(OC2OC(C)C(O)C(N)C2O)CC2OC(O)(CC(O)CC(O)CC(O)CC(=O)CCCC(=O)CC(=O)OC1C(C)CC(C)C(O)CC(=O)c1ccc(N)cc1)CC(O)C2C(=O)O. The first kappa shape index (κ1) is 66.2. The number of carbonyl (C=O) groups excluding carboxylic acids is 4. The van der Waals surface area contributed by atoms with Crippen LogP contribution in [-0.4, -0.2) is 161 Å². The van der Waals surface area contributed by atoms with Crippen molar-refractivity contribution in [3.8, 4) is 0 Å². The molecule has 18 atom stereocenters. The van der Waals surface area contributed by atoms with Crippen LogP contribution >= 0.6 is 0 Å². The molecule has 2 saturated heterocycles. The molecule has 0 radical (unpaired) electrons. The highest BCUT2D eigenvalue weighted by Gasteiger charge is 2.51. The monoisotopic (exact) mass is 1110 g/mol. The van der Waals surface area contributed by atoms with Crippen LogP contribution in [-0.2, 0) is 38.1 Å². The molecule has 3 aliphatic rings. The average Bonchev–Trinajstić information content (AvgIpc) is 3.40. The van der Waals surface area contributed by atoms with Crippen molar-refractivity contribution < 1.29 is 88.9 Å². The molecule has 0 saturated carbocycles. The Balaban J connectivity index is 1.54. The number of carboxylic acid groups (broad SMARTS) is 1. The predicted octanol–water partition coefficient (Wildman–Crippen LogP) is 3.77. The van der Waals surface area contributed by atoms with E-state index in [4.69, 9.17) is 30.4 Å². The number of aliphatic hydroxyl groups is 8. The molecule has 1 aromatic carbocycles. The highest BCUT2D eigenvalue weighted by atomic mass is 16.7. The van der Waals surface area contributed by atoms with Crippen molar-refractivity contribution in [3.63, 3.8) is 0 Å². The summed E-state index contributed by atoms with van der Waals surface area (Å²) < 4.78 is 23.7. The van der Waals surface area contributed by atoms with E-state index < -0.39 is 147 Å². The van der Waals surface area contributed by atoms with Gasteiger partial charge in [0.05, 0.1) is 61.0 Å². The van der Waals surface area contributed by atoms with Crippen LogP contribution in [0, 0.1) is 23.7 Å². The van der Waals surface area contributed by atoms with E-state index in [1.165, 1.54) is 13.0 Å². The van der Waals surface area contributed by atoms with Crippen LogP contribution in [0.2, 0.25) is 0 Å². The lowest BCUT2D eigenvalue weighted by molar-refractivity contribution is -0.308. The molecule has 3 aliphatic heterocycles. The quantitative estimate of drug-likeness (QED) is 0.0687. The Hall–Kier alpha value is -5.33. The van der Waals surface area contributed by atoms with Gasteiger partial charge in [0.2, 0.25) is 0 Å². The molecular weight excluding hydrogens is 1020 g/mol. The molecule has 13 N–H and O–H groups in total. The number of cyclic esters (lactones) is 1. The number of carboxylic acids is 1. The number of hydrogen-bond acceptors (Lipinski definition) is 19. The summed E-state index contributed by atoms with van der Waals surface area (Å²) in [5.74, 6) is -8.34. The van der Waals surface area contributed by atoms with Crippen molar-refractivity contribution in [2.75, 3.05) is 5.73 Å². The Kier molecular flexibility index (Phi) is 27.5. The molecule has 0 aromatic heterocycles. The first-order chi connectivity index (χ1) is 37.4. The van der Waals surface area contributed by atoms with Crippen LogP contribution < -0.4 is 11.5 Å². The van der Waals surface area contributed by atoms with Crippen molar-refractivity contribution in [1.82, 2.24) is 0 Å². The maximum Gasteiger partial charge on any atom is 0.313 e. The van der Waals surface area contributed by atoms with Crippen LogP contribution in [0.5, 0.6) is 0 Å². The molecule has 0 amide bonds. The van der Waals surface area contributed by atoms with Gasteiger partial charge in [0.15, 0.2) is 17.9 Å². The molecule has 2 fully saturated rings. The van der Waals surface area contributed by atoms with Gasteiger partial charge in [-0.05, 0) is 68.7 Å². The zero-order chi connectivity index (χ0) is 58.4. The Morgan fingerprint density at radius 1 is 0.759 bits per heavy atom. The summed E-state index contributed by atoms with van der Waals surface area (Å²) in [7, 11) is 0. The Bertz CT molecular complexity index is 2330. The van der Waals surface area contributed by atoms with Gasteiger partial charge in [0.1, 0.15) is 36.1 Å². The van der Waals surface area contributed by atoms with Gasteiger partial charge in [-0.25, -0.2) is 0 Å². The van der Waals surface area contributed by atoms with Crippen LogP contribution in [0.15, 0.2) is 109 Å². The number of nitrogens with two attached hydrogens (primary N) is 2. The molecule has 4 rings (SSSR count). The van der Waals surface area contributed by atoms with Crippen LogP contribution in [0.25, 0.3) is 0 Å². The number of carbonyl (C=O) groups is 5. The van der Waals surface area contributed by atoms with Crippen molar-refractivity contribution >= 4 is 35.0 Å². The number of anilines is 1. The molecule has 3 heterocycles. The van der Waals surface area contributed by atoms with Crippen molar-refractivity contribution in [3.05, 3.63) is 115 Å². The summed E-state index contributed by atoms with van der Waals surface area (Å²) in [5.41, 5.74) is 12.7. The van der Waals surface area contributed by atoms with Gasteiger partial charge >= 0.3 is 11.9 Å². The number of nitrogen functional groups attached to an aromatic ring is 1. The van der Waals surface area contributed by atoms with E-state index in [0.29, 0.717) is 17.7 Å². The van der Waals surface area contributed by atoms with Gasteiger partial charge in [-0.15, -0.1) is 0 Å². The zero-order valence-corrected chi connectivity index (χ0v) is 45.5. The molecule has 0 aliphatic carbocycles. The molecular formula is C59H84N2O18. The lowest BCUT2D eigenvalue weighted by Crippen LogP contribution is -2.61. The third-order valence-electron chi connectivity index (χ3n) is 14.4. The molecule has 20 nitrogen and oxygen atoms in total. The molecule has 79 heavy (non-hydrogen) atoms. The van der Waals surface area contributed by atoms with Crippen LogP contribution in [0.1, 0.15) is 115 Å². The number of rotatable bonds is 10. The third kappa shape index (κ3) is 22.6. The van der Waals surface area contributed by atoms with E-state index in [9.17, 15) is 69.9 Å². The fraction of sp³-hybridized carbons (Fsp3) is 0.576. The highest BCUT2D eigenvalue weighted by molar-refractivity contribution is 5.97. The summed E-state index contributed by atoms with van der Waals surface area (Å²) in [4.78, 5) is 64.6. The Morgan fingerprint density at radius 2 is 1.33 bits per heavy atom. The Labute approximate surface area is 462 Å². The summed E-state index contributed by atoms with van der Waals surface area (Å²) in [6.07, 6.45) is 5.73. The number of esters is 1. The average molecular weight is 1110 g/mol. The van der Waals surface area contributed by atoms with Crippen molar-refractivity contribution in [2.24, 2.45) is 29.4 Å². The predicted molar refractivity (Wildman–Crippen MR) is 292 cm³/mol. The van der Waals surface area contributed by atoms with Gasteiger partial charge < -0.3 is 76.4 Å². The van der Waals surface area contributed by atoms with E-state index in [0.717, 1.165) is 0 Å². The number of ketones is 3. The van der Waals surface area contributed by atoms with E-state index >= 15 is 0 Å². The topological polar surface area (TPSA) is 356 Å². The number of allylic oxidation sites excluding steroid dienone is 12. The second kappa shape index (κ2) is 32.8. The van der Waals surface area contributed by atoms with Gasteiger partial charge in [0.25, 0.3) is 0 Å². The highest BCUT2D eigenvalue weighted by Crippen LogP contribution is 2.38. The smallest absolute Gasteiger partial charge is 0.313 e. The summed E-state index contributed by atoms with van der Waals surface area (Å²) in [5, 5.41) is 97.8. The van der Waals surface area contributed by atoms with Gasteiger partial charge in [-0.3, -0.25) is 24.0 Å². The summed E-state index contributed by atoms with van der Waals surface area (Å²) in [6, 6.07) is 5.27. The van der Waals surface area contributed by atoms with E-state index in [2.05, 4.69) is 0 Å². The first-order valence-electron chi connectivity index (χ1n) is 27.1. The fourth-order valence-corrected chi connectivity index (χ4v) is 10.0.